The van der Waals surface area contributed by atoms with Crippen molar-refractivity contribution in [3.63, 3.8) is 0 Å². The number of piperazine rings is 1. The summed E-state index contributed by atoms with van der Waals surface area (Å²) in [4.78, 5) is 23.1. The molecule has 23 heavy (non-hydrogen) atoms. The molecule has 1 aromatic carbocycles. The Hall–Kier alpha value is -2.34. The third-order valence-corrected chi connectivity index (χ3v) is 4.41. The van der Waals surface area contributed by atoms with E-state index in [-0.39, 0.29) is 11.9 Å². The first kappa shape index (κ1) is 15.6. The van der Waals surface area contributed by atoms with Crippen LogP contribution < -0.4 is 5.73 Å². The van der Waals surface area contributed by atoms with Gasteiger partial charge < -0.3 is 20.4 Å². The number of nitrogens with zero attached hydrogens (tertiary/aromatic N) is 4. The number of carbonyl (C=O) groups is 1. The zero-order valence-electron chi connectivity index (χ0n) is 13.6. The number of carbonyl (C=O) groups excluding carboxylic acids is 1. The molecule has 3 rings (SSSR count). The number of amides is 1. The first-order valence-corrected chi connectivity index (χ1v) is 7.86. The van der Waals surface area contributed by atoms with Crippen LogP contribution in [-0.2, 0) is 0 Å². The zero-order chi connectivity index (χ0) is 16.4. The van der Waals surface area contributed by atoms with Gasteiger partial charge in [-0.1, -0.05) is 12.1 Å². The highest BCUT2D eigenvalue weighted by Gasteiger charge is 2.22. The summed E-state index contributed by atoms with van der Waals surface area (Å²) in [7, 11) is 4.04. The average molecular weight is 313 g/mol. The van der Waals surface area contributed by atoms with Crippen LogP contribution in [0.1, 0.15) is 22.0 Å². The maximum Gasteiger partial charge on any atom is 0.253 e. The molecule has 1 atom stereocenters. The Bertz CT molecular complexity index is 646. The van der Waals surface area contributed by atoms with Crippen LogP contribution in [0, 0.1) is 0 Å². The van der Waals surface area contributed by atoms with Crippen LogP contribution >= 0.6 is 0 Å². The third-order valence-electron chi connectivity index (χ3n) is 4.41. The maximum absolute atomic E-state index is 12.7. The molecule has 1 saturated heterocycles. The number of likely N-dealkylation sites (N-methyl/N-ethyl adjacent to an activating group) is 1. The van der Waals surface area contributed by atoms with Gasteiger partial charge in [-0.05, 0) is 24.7 Å². The van der Waals surface area contributed by atoms with Crippen LogP contribution in [0.4, 0.5) is 0 Å². The highest BCUT2D eigenvalue weighted by molar-refractivity contribution is 5.94. The molecule has 1 aromatic rings. The first-order chi connectivity index (χ1) is 11.0. The van der Waals surface area contributed by atoms with Crippen LogP contribution in [0.25, 0.3) is 0 Å². The molecule has 0 spiro atoms. The van der Waals surface area contributed by atoms with Crippen molar-refractivity contribution in [3.8, 4) is 0 Å². The van der Waals surface area contributed by atoms with Gasteiger partial charge in [0.15, 0.2) is 0 Å². The van der Waals surface area contributed by atoms with Gasteiger partial charge in [-0.25, -0.2) is 4.99 Å². The van der Waals surface area contributed by atoms with E-state index in [0.29, 0.717) is 5.82 Å². The second-order valence-corrected chi connectivity index (χ2v) is 6.16. The van der Waals surface area contributed by atoms with E-state index in [9.17, 15) is 4.79 Å². The number of hydrogen-bond donors (Lipinski definition) is 1. The molecule has 122 valence electrons. The lowest BCUT2D eigenvalue weighted by atomic mass is 10.0. The van der Waals surface area contributed by atoms with Gasteiger partial charge in [0.05, 0.1) is 6.04 Å². The van der Waals surface area contributed by atoms with E-state index in [1.54, 1.807) is 6.20 Å². The van der Waals surface area contributed by atoms with E-state index in [1.807, 2.05) is 47.3 Å². The quantitative estimate of drug-likeness (QED) is 0.881. The number of aliphatic imine (C=N–C) groups is 1. The van der Waals surface area contributed by atoms with Crippen molar-refractivity contribution in [2.45, 2.75) is 6.04 Å². The molecular weight excluding hydrogens is 290 g/mol. The number of benzene rings is 1. The standard InChI is InChI=1S/C17H23N5O/c1-20-6-8-22(9-7-20)17(23)14-5-3-4-13(10-14)15-11-19-16(18)12-21(15)2/h3-5,10-12,15H,6-9,18H2,1-2H3. The van der Waals surface area contributed by atoms with Crippen molar-refractivity contribution in [1.29, 1.82) is 0 Å². The normalized spacial score (nSPS) is 22.2. The van der Waals surface area contributed by atoms with Crippen molar-refractivity contribution >= 4 is 12.1 Å². The third kappa shape index (κ3) is 3.37. The van der Waals surface area contributed by atoms with E-state index < -0.39 is 0 Å². The Morgan fingerprint density at radius 3 is 2.65 bits per heavy atom. The van der Waals surface area contributed by atoms with Gasteiger partial charge in [0.2, 0.25) is 0 Å². The van der Waals surface area contributed by atoms with Crippen molar-refractivity contribution < 1.29 is 4.79 Å². The summed E-state index contributed by atoms with van der Waals surface area (Å²) in [6, 6.07) is 7.80. The van der Waals surface area contributed by atoms with Gasteiger partial charge in [0.25, 0.3) is 5.91 Å². The molecule has 1 unspecified atom stereocenters. The van der Waals surface area contributed by atoms with E-state index in [0.717, 1.165) is 37.3 Å². The summed E-state index contributed by atoms with van der Waals surface area (Å²) in [5.41, 5.74) is 7.48. The Labute approximate surface area is 136 Å². The molecule has 0 aliphatic carbocycles. The van der Waals surface area contributed by atoms with Crippen molar-refractivity contribution in [2.24, 2.45) is 10.7 Å². The minimum absolute atomic E-state index is 0.00235. The molecule has 6 nitrogen and oxygen atoms in total. The summed E-state index contributed by atoms with van der Waals surface area (Å²) in [6.07, 6.45) is 3.62. The van der Waals surface area contributed by atoms with Crippen LogP contribution in [0.2, 0.25) is 0 Å². The number of rotatable bonds is 2. The number of hydrogen-bond acceptors (Lipinski definition) is 5. The summed E-state index contributed by atoms with van der Waals surface area (Å²) < 4.78 is 0. The summed E-state index contributed by atoms with van der Waals surface area (Å²) in [5.74, 6) is 0.596. The van der Waals surface area contributed by atoms with Crippen LogP contribution in [0.15, 0.2) is 41.3 Å². The van der Waals surface area contributed by atoms with Gasteiger partial charge >= 0.3 is 0 Å². The monoisotopic (exact) mass is 313 g/mol. The Morgan fingerprint density at radius 1 is 1.22 bits per heavy atom. The average Bonchev–Trinajstić information content (AvgIpc) is 2.55. The SMILES string of the molecule is CN1CCN(C(=O)c2cccc(C3C=NC(N)=CN3C)c2)CC1. The summed E-state index contributed by atoms with van der Waals surface area (Å²) >= 11 is 0. The fraction of sp³-hybridized carbons (Fsp3) is 0.412. The van der Waals surface area contributed by atoms with Crippen molar-refractivity contribution in [1.82, 2.24) is 14.7 Å². The molecule has 6 heteroatoms. The number of nitrogens with two attached hydrogens (primary N) is 1. The van der Waals surface area contributed by atoms with Crippen LogP contribution in [0.3, 0.4) is 0 Å². The second-order valence-electron chi connectivity index (χ2n) is 6.16. The van der Waals surface area contributed by atoms with Gasteiger partial charge in [-0.3, -0.25) is 4.79 Å². The minimum Gasteiger partial charge on any atom is -0.383 e. The van der Waals surface area contributed by atoms with Crippen molar-refractivity contribution in [2.75, 3.05) is 40.3 Å². The minimum atomic E-state index is 0.00235. The summed E-state index contributed by atoms with van der Waals surface area (Å²) in [5, 5.41) is 0. The lowest BCUT2D eigenvalue weighted by molar-refractivity contribution is 0.0664. The molecule has 2 aliphatic heterocycles. The smallest absolute Gasteiger partial charge is 0.253 e. The largest absolute Gasteiger partial charge is 0.383 e. The zero-order valence-corrected chi connectivity index (χ0v) is 13.6. The Balaban J connectivity index is 1.78. The maximum atomic E-state index is 12.7. The van der Waals surface area contributed by atoms with E-state index >= 15 is 0 Å². The van der Waals surface area contributed by atoms with Gasteiger partial charge in [-0.2, -0.15) is 0 Å². The molecule has 2 aliphatic rings. The molecule has 1 fully saturated rings. The lowest BCUT2D eigenvalue weighted by Gasteiger charge is -2.32. The highest BCUT2D eigenvalue weighted by atomic mass is 16.2. The van der Waals surface area contributed by atoms with Crippen LogP contribution in [-0.4, -0.2) is 67.1 Å². The van der Waals surface area contributed by atoms with E-state index in [2.05, 4.69) is 16.9 Å². The van der Waals surface area contributed by atoms with Crippen LogP contribution in [0.5, 0.6) is 0 Å². The van der Waals surface area contributed by atoms with Gasteiger partial charge in [0, 0.05) is 51.2 Å². The Kier molecular flexibility index (Phi) is 4.34. The highest BCUT2D eigenvalue weighted by Crippen LogP contribution is 2.23. The fourth-order valence-corrected chi connectivity index (χ4v) is 2.95. The summed E-state index contributed by atoms with van der Waals surface area (Å²) in [6.45, 7) is 3.41. The molecule has 0 bridgehead atoms. The molecule has 2 N–H and O–H groups in total. The molecule has 0 aromatic heterocycles. The molecule has 1 amide bonds. The molecular formula is C17H23N5O. The Morgan fingerprint density at radius 2 is 1.96 bits per heavy atom. The molecule has 0 radical (unpaired) electrons. The second kappa shape index (κ2) is 6.42. The predicted molar refractivity (Wildman–Crippen MR) is 91.1 cm³/mol. The van der Waals surface area contributed by atoms with Crippen molar-refractivity contribution in [3.05, 3.63) is 47.4 Å². The lowest BCUT2D eigenvalue weighted by Crippen LogP contribution is -2.47. The van der Waals surface area contributed by atoms with E-state index in [4.69, 9.17) is 5.73 Å². The molecule has 0 saturated carbocycles. The fourth-order valence-electron chi connectivity index (χ4n) is 2.95. The molecule has 2 heterocycles. The predicted octanol–water partition coefficient (Wildman–Crippen LogP) is 0.889. The first-order valence-electron chi connectivity index (χ1n) is 7.86. The topological polar surface area (TPSA) is 65.2 Å². The van der Waals surface area contributed by atoms with Gasteiger partial charge in [0.1, 0.15) is 5.82 Å². The van der Waals surface area contributed by atoms with E-state index in [1.165, 1.54) is 0 Å². The van der Waals surface area contributed by atoms with Gasteiger partial charge in [-0.15, -0.1) is 0 Å².